The Morgan fingerprint density at radius 1 is 1.48 bits per heavy atom. The highest BCUT2D eigenvalue weighted by Crippen LogP contribution is 2.61. The number of fused-ring (bicyclic) bond motifs is 3. The van der Waals surface area contributed by atoms with Gasteiger partial charge in [0.2, 0.25) is 11.8 Å². The van der Waals surface area contributed by atoms with Crippen molar-refractivity contribution >= 4 is 6.03 Å². The van der Waals surface area contributed by atoms with Crippen LogP contribution in [-0.2, 0) is 0 Å². The van der Waals surface area contributed by atoms with Crippen molar-refractivity contribution < 1.29 is 14.4 Å². The second-order valence-corrected chi connectivity index (χ2v) is 6.67. The van der Waals surface area contributed by atoms with Gasteiger partial charge in [0.1, 0.15) is 6.04 Å². The molecule has 4 rings (SSSR count). The average Bonchev–Trinajstić information content (AvgIpc) is 2.99. The number of piperidine rings is 1. The fraction of sp³-hybridized carbons (Fsp3) is 0.786. The molecule has 1 aliphatic carbocycles. The molecule has 3 atom stereocenters. The monoisotopic (exact) mass is 292 g/mol. The van der Waals surface area contributed by atoms with Crippen molar-refractivity contribution in [2.45, 2.75) is 57.5 Å². The molecule has 114 valence electrons. The number of nitrogens with zero attached hydrogens (tertiary/aromatic N) is 4. The highest BCUT2D eigenvalue weighted by atomic mass is 16.5. The second-order valence-electron chi connectivity index (χ2n) is 6.67. The minimum atomic E-state index is -0.336. The van der Waals surface area contributed by atoms with Crippen molar-refractivity contribution in [2.75, 3.05) is 6.54 Å². The first-order chi connectivity index (χ1) is 10.1. The van der Waals surface area contributed by atoms with Crippen LogP contribution in [0.1, 0.15) is 63.3 Å². The number of urea groups is 1. The predicted molar refractivity (Wildman–Crippen MR) is 71.5 cm³/mol. The fourth-order valence-electron chi connectivity index (χ4n) is 3.63. The summed E-state index contributed by atoms with van der Waals surface area (Å²) in [6, 6.07) is -0.603. The molecule has 1 aromatic rings. The molecule has 0 radical (unpaired) electrons. The summed E-state index contributed by atoms with van der Waals surface area (Å²) in [7, 11) is 0. The van der Waals surface area contributed by atoms with E-state index in [1.807, 2.05) is 6.92 Å². The van der Waals surface area contributed by atoms with E-state index in [1.54, 1.807) is 4.90 Å². The number of carbonyl (C=O) groups is 1. The van der Waals surface area contributed by atoms with E-state index in [2.05, 4.69) is 17.1 Å². The number of aromatic nitrogens is 2. The molecule has 1 spiro atoms. The first-order valence-corrected chi connectivity index (χ1v) is 7.68. The van der Waals surface area contributed by atoms with Crippen molar-refractivity contribution in [1.29, 1.82) is 0 Å². The van der Waals surface area contributed by atoms with Gasteiger partial charge in [-0.1, -0.05) is 13.8 Å². The van der Waals surface area contributed by atoms with E-state index in [0.29, 0.717) is 18.3 Å². The summed E-state index contributed by atoms with van der Waals surface area (Å²) in [5, 5.41) is 19.2. The maximum Gasteiger partial charge on any atom is 0.344 e. The first kappa shape index (κ1) is 13.1. The Kier molecular flexibility index (Phi) is 2.61. The third-order valence-electron chi connectivity index (χ3n) is 5.46. The molecule has 3 heterocycles. The molecule has 3 fully saturated rings. The second kappa shape index (κ2) is 4.19. The Bertz CT molecular complexity index is 583. The Morgan fingerprint density at radius 2 is 2.24 bits per heavy atom. The Hall–Kier alpha value is -1.63. The molecule has 1 aromatic heterocycles. The van der Waals surface area contributed by atoms with Crippen LogP contribution in [0.2, 0.25) is 0 Å². The lowest BCUT2D eigenvalue weighted by Crippen LogP contribution is -2.41. The minimum Gasteiger partial charge on any atom is -0.423 e. The van der Waals surface area contributed by atoms with Gasteiger partial charge in [-0.3, -0.25) is 5.21 Å². The molecular weight excluding hydrogens is 272 g/mol. The van der Waals surface area contributed by atoms with Crippen molar-refractivity contribution in [1.82, 2.24) is 20.2 Å². The topological polar surface area (TPSA) is 82.7 Å². The summed E-state index contributed by atoms with van der Waals surface area (Å²) in [5.74, 6) is 1.37. The van der Waals surface area contributed by atoms with E-state index >= 15 is 0 Å². The van der Waals surface area contributed by atoms with Crippen LogP contribution < -0.4 is 0 Å². The molecule has 21 heavy (non-hydrogen) atoms. The van der Waals surface area contributed by atoms with E-state index in [4.69, 9.17) is 4.42 Å². The summed E-state index contributed by atoms with van der Waals surface area (Å²) in [6.07, 6.45) is 3.85. The first-order valence-electron chi connectivity index (χ1n) is 7.68. The Morgan fingerprint density at radius 3 is 2.90 bits per heavy atom. The largest absolute Gasteiger partial charge is 0.423 e. The van der Waals surface area contributed by atoms with Crippen molar-refractivity contribution in [3.05, 3.63) is 11.8 Å². The number of hydroxylamine groups is 2. The van der Waals surface area contributed by atoms with E-state index in [1.165, 1.54) is 0 Å². The molecule has 1 N–H and O–H groups in total. The van der Waals surface area contributed by atoms with E-state index in [0.717, 1.165) is 30.7 Å². The van der Waals surface area contributed by atoms with Crippen molar-refractivity contribution in [2.24, 2.45) is 5.41 Å². The van der Waals surface area contributed by atoms with E-state index < -0.39 is 0 Å². The predicted octanol–water partition coefficient (Wildman–Crippen LogP) is 2.30. The number of hydrogen-bond donors (Lipinski definition) is 1. The molecule has 2 bridgehead atoms. The zero-order valence-corrected chi connectivity index (χ0v) is 12.3. The lowest BCUT2D eigenvalue weighted by molar-refractivity contribution is -0.0783. The van der Waals surface area contributed by atoms with Gasteiger partial charge >= 0.3 is 6.03 Å². The lowest BCUT2D eigenvalue weighted by atomic mass is 9.85. The van der Waals surface area contributed by atoms with Gasteiger partial charge in [0.25, 0.3) is 0 Å². The standard InChI is InChI=1S/C14H20N4O3/c1-3-8(2)11-15-16-12(21-11)9-6-14(4-5-14)10-7-17(9)13(19)18(10)20/h8-10,20H,3-7H2,1-2H3/t8?,9-,10-/m0/s1. The lowest BCUT2D eigenvalue weighted by Gasteiger charge is -2.34. The van der Waals surface area contributed by atoms with Crippen LogP contribution in [0.3, 0.4) is 0 Å². The maximum absolute atomic E-state index is 12.2. The zero-order valence-electron chi connectivity index (χ0n) is 12.3. The molecule has 3 aliphatic rings. The number of carbonyl (C=O) groups excluding carboxylic acids is 1. The zero-order chi connectivity index (χ0) is 14.8. The normalized spacial score (nSPS) is 31.1. The van der Waals surface area contributed by atoms with Gasteiger partial charge in [-0.2, -0.15) is 0 Å². The highest BCUT2D eigenvalue weighted by molar-refractivity contribution is 5.77. The molecule has 7 nitrogen and oxygen atoms in total. The molecule has 2 saturated heterocycles. The van der Waals surface area contributed by atoms with Crippen LogP contribution >= 0.6 is 0 Å². The van der Waals surface area contributed by atoms with Crippen LogP contribution in [0.15, 0.2) is 4.42 Å². The minimum absolute atomic E-state index is 0.0487. The van der Waals surface area contributed by atoms with Crippen molar-refractivity contribution in [3.63, 3.8) is 0 Å². The summed E-state index contributed by atoms with van der Waals surface area (Å²) in [4.78, 5) is 13.9. The van der Waals surface area contributed by atoms with Crippen LogP contribution in [0.5, 0.6) is 0 Å². The molecular formula is C14H20N4O3. The molecule has 0 aromatic carbocycles. The van der Waals surface area contributed by atoms with E-state index in [-0.39, 0.29) is 29.4 Å². The average molecular weight is 292 g/mol. The molecule has 2 aliphatic heterocycles. The third-order valence-corrected chi connectivity index (χ3v) is 5.46. The summed E-state index contributed by atoms with van der Waals surface area (Å²) < 4.78 is 5.81. The van der Waals surface area contributed by atoms with Crippen LogP contribution in [0.25, 0.3) is 0 Å². The van der Waals surface area contributed by atoms with Gasteiger partial charge in [0.05, 0.1) is 6.04 Å². The smallest absolute Gasteiger partial charge is 0.344 e. The molecule has 1 unspecified atom stereocenters. The van der Waals surface area contributed by atoms with Gasteiger partial charge in [-0.25, -0.2) is 9.86 Å². The highest BCUT2D eigenvalue weighted by Gasteiger charge is 2.63. The molecule has 7 heteroatoms. The van der Waals surface area contributed by atoms with Crippen LogP contribution in [-0.4, -0.2) is 44.0 Å². The quantitative estimate of drug-likeness (QED) is 0.864. The van der Waals surface area contributed by atoms with Gasteiger partial charge in [0, 0.05) is 12.5 Å². The third kappa shape index (κ3) is 1.73. The summed E-state index contributed by atoms with van der Waals surface area (Å²) in [5.41, 5.74) is 0.0487. The van der Waals surface area contributed by atoms with Gasteiger partial charge in [-0.05, 0) is 31.1 Å². The number of hydrogen-bond acceptors (Lipinski definition) is 5. The Balaban J connectivity index is 1.66. The summed E-state index contributed by atoms with van der Waals surface area (Å²) >= 11 is 0. The summed E-state index contributed by atoms with van der Waals surface area (Å²) in [6.45, 7) is 4.68. The van der Waals surface area contributed by atoms with Crippen molar-refractivity contribution in [3.8, 4) is 0 Å². The molecule has 2 amide bonds. The van der Waals surface area contributed by atoms with E-state index in [9.17, 15) is 10.0 Å². The number of amides is 2. The molecule has 1 saturated carbocycles. The Labute approximate surface area is 122 Å². The SMILES string of the molecule is CCC(C)c1nnc([C@@H]2CC3(CC3)[C@@H]3CN2C(=O)N3O)o1. The van der Waals surface area contributed by atoms with Crippen LogP contribution in [0.4, 0.5) is 4.79 Å². The maximum atomic E-state index is 12.2. The number of rotatable bonds is 3. The van der Waals surface area contributed by atoms with Gasteiger partial charge in [0.15, 0.2) is 0 Å². The van der Waals surface area contributed by atoms with Crippen LogP contribution in [0, 0.1) is 5.41 Å². The fourth-order valence-corrected chi connectivity index (χ4v) is 3.63. The van der Waals surface area contributed by atoms with Gasteiger partial charge in [-0.15, -0.1) is 10.2 Å². The van der Waals surface area contributed by atoms with Gasteiger partial charge < -0.3 is 9.32 Å².